The topological polar surface area (TPSA) is 70.7 Å². The van der Waals surface area contributed by atoms with Crippen molar-refractivity contribution < 1.29 is 0 Å². The molecule has 0 unspecified atom stereocenters. The van der Waals surface area contributed by atoms with Crippen molar-refractivity contribution in [2.75, 3.05) is 6.54 Å². The van der Waals surface area contributed by atoms with E-state index >= 15 is 0 Å². The molecule has 3 heterocycles. The largest absolute Gasteiger partial charge is 0.311 e. The van der Waals surface area contributed by atoms with Crippen molar-refractivity contribution in [3.63, 3.8) is 0 Å². The lowest BCUT2D eigenvalue weighted by molar-refractivity contribution is 0.619. The molecule has 5 nitrogen and oxygen atoms in total. The number of nitrogens with one attached hydrogen (secondary N) is 2. The van der Waals surface area contributed by atoms with E-state index in [0.29, 0.717) is 12.4 Å². The molecule has 19 heavy (non-hydrogen) atoms. The summed E-state index contributed by atoms with van der Waals surface area (Å²) in [5.74, 6) is 0.574. The highest BCUT2D eigenvalue weighted by molar-refractivity contribution is 5.55. The zero-order valence-electron chi connectivity index (χ0n) is 10.9. The van der Waals surface area contributed by atoms with Crippen LogP contribution in [-0.4, -0.2) is 21.5 Å². The molecule has 0 aromatic carbocycles. The first-order valence-corrected chi connectivity index (χ1v) is 6.56. The second-order valence-electron chi connectivity index (χ2n) is 4.63. The fourth-order valence-electron chi connectivity index (χ4n) is 2.42. The number of hydrogen-bond acceptors (Lipinski definition) is 4. The van der Waals surface area contributed by atoms with Gasteiger partial charge < -0.3 is 10.3 Å². The standard InChI is InChI=1S/C14H16N4O/c1-2-9-4-3-6-16-12(9)13-17-11-8-15-7-5-10(11)14(19)18-13/h3-4,6,15H,2,5,7-8H2,1H3,(H,17,18,19). The van der Waals surface area contributed by atoms with E-state index in [1.54, 1.807) is 6.20 Å². The zero-order chi connectivity index (χ0) is 13.2. The van der Waals surface area contributed by atoms with E-state index in [1.807, 2.05) is 12.1 Å². The van der Waals surface area contributed by atoms with Crippen molar-refractivity contribution in [2.24, 2.45) is 0 Å². The van der Waals surface area contributed by atoms with Crippen molar-refractivity contribution in [1.82, 2.24) is 20.3 Å². The number of fused-ring (bicyclic) bond motifs is 1. The average molecular weight is 256 g/mol. The molecule has 0 spiro atoms. The second-order valence-corrected chi connectivity index (χ2v) is 4.63. The Bertz CT molecular complexity index is 663. The Balaban J connectivity index is 2.16. The summed E-state index contributed by atoms with van der Waals surface area (Å²) in [4.78, 5) is 23.9. The summed E-state index contributed by atoms with van der Waals surface area (Å²) in [6, 6.07) is 3.92. The SMILES string of the molecule is CCc1cccnc1-c1nc2c(c(=O)[nH]1)CCNC2. The van der Waals surface area contributed by atoms with Crippen molar-refractivity contribution in [3.8, 4) is 11.5 Å². The number of aromatic nitrogens is 3. The first-order chi connectivity index (χ1) is 9.29. The average Bonchev–Trinajstić information content (AvgIpc) is 2.47. The van der Waals surface area contributed by atoms with Gasteiger partial charge in [0.15, 0.2) is 5.82 Å². The fraction of sp³-hybridized carbons (Fsp3) is 0.357. The lowest BCUT2D eigenvalue weighted by Gasteiger charge is -2.16. The molecule has 0 saturated carbocycles. The molecule has 0 atom stereocenters. The molecule has 0 amide bonds. The Morgan fingerprint density at radius 1 is 1.42 bits per heavy atom. The number of hydrogen-bond donors (Lipinski definition) is 2. The van der Waals surface area contributed by atoms with Crippen LogP contribution in [0.25, 0.3) is 11.5 Å². The van der Waals surface area contributed by atoms with Gasteiger partial charge in [0, 0.05) is 18.3 Å². The number of aryl methyl sites for hydroxylation is 1. The maximum absolute atomic E-state index is 12.1. The predicted octanol–water partition coefficient (Wildman–Crippen LogP) is 1.04. The highest BCUT2D eigenvalue weighted by Gasteiger charge is 2.17. The smallest absolute Gasteiger partial charge is 0.254 e. The maximum Gasteiger partial charge on any atom is 0.254 e. The van der Waals surface area contributed by atoms with Crippen LogP contribution in [-0.2, 0) is 19.4 Å². The molecular formula is C14H16N4O. The van der Waals surface area contributed by atoms with Crippen LogP contribution < -0.4 is 10.9 Å². The molecule has 2 aromatic rings. The highest BCUT2D eigenvalue weighted by Crippen LogP contribution is 2.18. The van der Waals surface area contributed by atoms with Crippen LogP contribution in [0, 0.1) is 0 Å². The zero-order valence-corrected chi connectivity index (χ0v) is 10.9. The molecule has 98 valence electrons. The summed E-state index contributed by atoms with van der Waals surface area (Å²) in [6.45, 7) is 3.56. The van der Waals surface area contributed by atoms with Gasteiger partial charge in [-0.05, 0) is 31.0 Å². The van der Waals surface area contributed by atoms with Crippen LogP contribution >= 0.6 is 0 Å². The summed E-state index contributed by atoms with van der Waals surface area (Å²) in [7, 11) is 0. The first-order valence-electron chi connectivity index (χ1n) is 6.56. The van der Waals surface area contributed by atoms with E-state index in [4.69, 9.17) is 0 Å². The molecule has 2 N–H and O–H groups in total. The van der Waals surface area contributed by atoms with Gasteiger partial charge in [-0.15, -0.1) is 0 Å². The number of pyridine rings is 1. The third kappa shape index (κ3) is 2.17. The number of H-pyrrole nitrogens is 1. The molecule has 0 saturated heterocycles. The molecule has 0 radical (unpaired) electrons. The van der Waals surface area contributed by atoms with Gasteiger partial charge in [-0.2, -0.15) is 0 Å². The van der Waals surface area contributed by atoms with Crippen LogP contribution in [0.4, 0.5) is 0 Å². The summed E-state index contributed by atoms with van der Waals surface area (Å²) < 4.78 is 0. The fourth-order valence-corrected chi connectivity index (χ4v) is 2.42. The molecular weight excluding hydrogens is 240 g/mol. The molecule has 2 aromatic heterocycles. The molecule has 1 aliphatic rings. The van der Waals surface area contributed by atoms with Gasteiger partial charge in [-0.25, -0.2) is 4.98 Å². The van der Waals surface area contributed by atoms with E-state index in [2.05, 4.69) is 27.2 Å². The van der Waals surface area contributed by atoms with Gasteiger partial charge >= 0.3 is 0 Å². The quantitative estimate of drug-likeness (QED) is 0.842. The van der Waals surface area contributed by atoms with Crippen LogP contribution in [0.5, 0.6) is 0 Å². The number of rotatable bonds is 2. The minimum absolute atomic E-state index is 0.0331. The Morgan fingerprint density at radius 3 is 3.16 bits per heavy atom. The molecule has 0 aliphatic carbocycles. The van der Waals surface area contributed by atoms with E-state index < -0.39 is 0 Å². The lowest BCUT2D eigenvalue weighted by atomic mass is 10.1. The van der Waals surface area contributed by atoms with E-state index in [0.717, 1.165) is 41.9 Å². The Labute approximate surface area is 111 Å². The molecule has 3 rings (SSSR count). The van der Waals surface area contributed by atoms with Crippen LogP contribution in [0.2, 0.25) is 0 Å². The van der Waals surface area contributed by atoms with Crippen molar-refractivity contribution in [2.45, 2.75) is 26.3 Å². The number of nitrogens with zero attached hydrogens (tertiary/aromatic N) is 2. The van der Waals surface area contributed by atoms with Gasteiger partial charge in [-0.3, -0.25) is 9.78 Å². The Morgan fingerprint density at radius 2 is 2.32 bits per heavy atom. The normalized spacial score (nSPS) is 14.2. The minimum atomic E-state index is -0.0331. The Hall–Kier alpha value is -2.01. The summed E-state index contributed by atoms with van der Waals surface area (Å²) in [5, 5.41) is 3.24. The highest BCUT2D eigenvalue weighted by atomic mass is 16.1. The van der Waals surface area contributed by atoms with E-state index in [9.17, 15) is 4.79 Å². The third-order valence-electron chi connectivity index (χ3n) is 3.44. The van der Waals surface area contributed by atoms with E-state index in [-0.39, 0.29) is 5.56 Å². The monoisotopic (exact) mass is 256 g/mol. The molecule has 5 heteroatoms. The van der Waals surface area contributed by atoms with Crippen molar-refractivity contribution in [1.29, 1.82) is 0 Å². The lowest BCUT2D eigenvalue weighted by Crippen LogP contribution is -2.31. The van der Waals surface area contributed by atoms with Gasteiger partial charge in [0.1, 0.15) is 5.69 Å². The van der Waals surface area contributed by atoms with Crippen LogP contribution in [0.3, 0.4) is 0 Å². The summed E-state index contributed by atoms with van der Waals surface area (Å²) in [6.07, 6.45) is 3.33. The Kier molecular flexibility index (Phi) is 3.13. The molecule has 0 bridgehead atoms. The van der Waals surface area contributed by atoms with Gasteiger partial charge in [0.05, 0.1) is 5.69 Å². The van der Waals surface area contributed by atoms with Crippen molar-refractivity contribution >= 4 is 0 Å². The minimum Gasteiger partial charge on any atom is -0.311 e. The van der Waals surface area contributed by atoms with Gasteiger partial charge in [-0.1, -0.05) is 13.0 Å². The van der Waals surface area contributed by atoms with Gasteiger partial charge in [0.25, 0.3) is 5.56 Å². The third-order valence-corrected chi connectivity index (χ3v) is 3.44. The number of aromatic amines is 1. The summed E-state index contributed by atoms with van der Waals surface area (Å²) in [5.41, 5.74) is 3.48. The van der Waals surface area contributed by atoms with Crippen molar-refractivity contribution in [3.05, 3.63) is 45.5 Å². The first kappa shape index (κ1) is 12.0. The maximum atomic E-state index is 12.1. The van der Waals surface area contributed by atoms with Gasteiger partial charge in [0.2, 0.25) is 0 Å². The predicted molar refractivity (Wildman–Crippen MR) is 72.9 cm³/mol. The van der Waals surface area contributed by atoms with Crippen LogP contribution in [0.1, 0.15) is 23.7 Å². The second kappa shape index (κ2) is 4.93. The molecule has 0 fully saturated rings. The van der Waals surface area contributed by atoms with E-state index in [1.165, 1.54) is 0 Å². The summed E-state index contributed by atoms with van der Waals surface area (Å²) >= 11 is 0. The van der Waals surface area contributed by atoms with Crippen LogP contribution in [0.15, 0.2) is 23.1 Å². The molecule has 1 aliphatic heterocycles.